The van der Waals surface area contributed by atoms with Crippen LogP contribution in [-0.4, -0.2) is 6.61 Å². The molecule has 156 valence electrons. The smallest absolute Gasteiger partial charge is 0.127 e. The molecule has 0 aromatic heterocycles. The van der Waals surface area contributed by atoms with Crippen LogP contribution in [0.2, 0.25) is 0 Å². The molecule has 2 unspecified atom stereocenters. The van der Waals surface area contributed by atoms with Gasteiger partial charge in [0.25, 0.3) is 0 Å². The van der Waals surface area contributed by atoms with Gasteiger partial charge in [-0.05, 0) is 66.7 Å². The van der Waals surface area contributed by atoms with E-state index in [-0.39, 0.29) is 6.10 Å². The number of allylic oxidation sites excluding steroid dienone is 3. The van der Waals surface area contributed by atoms with E-state index in [2.05, 4.69) is 68.5 Å². The second-order valence-electron chi connectivity index (χ2n) is 9.16. The van der Waals surface area contributed by atoms with Crippen LogP contribution in [0.3, 0.4) is 0 Å². The Kier molecular flexibility index (Phi) is 5.41. The minimum atomic E-state index is 0.177. The normalized spacial score (nSPS) is 24.3. The maximum absolute atomic E-state index is 6.70. The first kappa shape index (κ1) is 19.5. The maximum atomic E-state index is 6.70. The van der Waals surface area contributed by atoms with E-state index in [9.17, 15) is 0 Å². The van der Waals surface area contributed by atoms with Crippen molar-refractivity contribution in [2.45, 2.75) is 58.5 Å². The lowest BCUT2D eigenvalue weighted by Crippen LogP contribution is -2.25. The van der Waals surface area contributed by atoms with Crippen LogP contribution in [0.15, 0.2) is 65.9 Å². The fraction of sp³-hybridized carbons (Fsp3) is 0.429. The van der Waals surface area contributed by atoms with E-state index in [0.29, 0.717) is 12.5 Å². The van der Waals surface area contributed by atoms with Gasteiger partial charge in [-0.25, -0.2) is 0 Å². The summed E-state index contributed by atoms with van der Waals surface area (Å²) in [5.41, 5.74) is 6.57. The summed E-state index contributed by atoms with van der Waals surface area (Å²) in [5, 5.41) is 0. The molecule has 2 aliphatic carbocycles. The minimum absolute atomic E-state index is 0.177. The molecule has 0 spiro atoms. The van der Waals surface area contributed by atoms with Crippen molar-refractivity contribution in [1.29, 1.82) is 0 Å². The van der Waals surface area contributed by atoms with E-state index in [4.69, 9.17) is 9.47 Å². The summed E-state index contributed by atoms with van der Waals surface area (Å²) in [4.78, 5) is 0. The molecule has 2 heteroatoms. The Bertz CT molecular complexity index is 960. The van der Waals surface area contributed by atoms with Gasteiger partial charge >= 0.3 is 0 Å². The van der Waals surface area contributed by atoms with Crippen molar-refractivity contribution in [3.63, 3.8) is 0 Å². The van der Waals surface area contributed by atoms with Crippen molar-refractivity contribution in [2.75, 3.05) is 6.61 Å². The van der Waals surface area contributed by atoms with Crippen LogP contribution in [0.25, 0.3) is 5.57 Å². The van der Waals surface area contributed by atoms with Gasteiger partial charge in [-0.2, -0.15) is 0 Å². The monoisotopic (exact) mass is 400 g/mol. The van der Waals surface area contributed by atoms with Crippen LogP contribution in [0.5, 0.6) is 5.75 Å². The van der Waals surface area contributed by atoms with Gasteiger partial charge < -0.3 is 9.47 Å². The number of hydrogen-bond donors (Lipinski definition) is 0. The molecule has 1 fully saturated rings. The van der Waals surface area contributed by atoms with Crippen molar-refractivity contribution < 1.29 is 9.47 Å². The van der Waals surface area contributed by atoms with E-state index in [1.54, 1.807) is 0 Å². The molecule has 1 aliphatic heterocycles. The van der Waals surface area contributed by atoms with E-state index in [1.807, 2.05) is 0 Å². The lowest BCUT2D eigenvalue weighted by molar-refractivity contribution is 0.0922. The number of ether oxygens (including phenoxy) is 2. The van der Waals surface area contributed by atoms with E-state index in [0.717, 1.165) is 23.8 Å². The molecule has 30 heavy (non-hydrogen) atoms. The molecule has 2 aromatic rings. The summed E-state index contributed by atoms with van der Waals surface area (Å²) in [6, 6.07) is 17.5. The van der Waals surface area contributed by atoms with Crippen LogP contribution in [0.4, 0.5) is 0 Å². The minimum Gasteiger partial charge on any atom is -0.494 e. The predicted octanol–water partition coefficient (Wildman–Crippen LogP) is 7.27. The van der Waals surface area contributed by atoms with Gasteiger partial charge in [0.05, 0.1) is 0 Å². The van der Waals surface area contributed by atoms with Gasteiger partial charge in [0.15, 0.2) is 0 Å². The molecule has 1 heterocycles. The summed E-state index contributed by atoms with van der Waals surface area (Å²) in [6.07, 6.45) is 10.4. The topological polar surface area (TPSA) is 18.5 Å². The second-order valence-corrected chi connectivity index (χ2v) is 9.16. The fourth-order valence-electron chi connectivity index (χ4n) is 5.74. The number of benzene rings is 2. The molecule has 0 N–H and O–H groups in total. The van der Waals surface area contributed by atoms with Crippen molar-refractivity contribution in [3.05, 3.63) is 82.6 Å². The van der Waals surface area contributed by atoms with Gasteiger partial charge in [-0.15, -0.1) is 0 Å². The summed E-state index contributed by atoms with van der Waals surface area (Å²) in [7, 11) is 0. The highest BCUT2D eigenvalue weighted by Crippen LogP contribution is 2.47. The largest absolute Gasteiger partial charge is 0.494 e. The Morgan fingerprint density at radius 2 is 1.67 bits per heavy atom. The number of hydrogen-bond acceptors (Lipinski definition) is 2. The molecule has 2 atom stereocenters. The zero-order chi connectivity index (χ0) is 20.5. The summed E-state index contributed by atoms with van der Waals surface area (Å²) in [5.74, 6) is 3.36. The Morgan fingerprint density at radius 1 is 0.900 bits per heavy atom. The third kappa shape index (κ3) is 3.69. The molecule has 1 saturated carbocycles. The first-order valence-corrected chi connectivity index (χ1v) is 11.6. The molecule has 2 aromatic carbocycles. The molecule has 2 nitrogen and oxygen atoms in total. The number of rotatable bonds is 4. The number of fused-ring (bicyclic) bond motifs is 1. The van der Waals surface area contributed by atoms with Gasteiger partial charge in [0, 0.05) is 11.5 Å². The average molecular weight is 401 g/mol. The Balaban J connectivity index is 1.40. The van der Waals surface area contributed by atoms with Gasteiger partial charge in [0.2, 0.25) is 0 Å². The second kappa shape index (κ2) is 8.34. The quantitative estimate of drug-likeness (QED) is 0.537. The third-order valence-corrected chi connectivity index (χ3v) is 7.30. The first-order chi connectivity index (χ1) is 14.7. The highest BCUT2D eigenvalue weighted by Gasteiger charge is 2.39. The zero-order valence-corrected chi connectivity index (χ0v) is 18.2. The van der Waals surface area contributed by atoms with E-state index in [1.165, 1.54) is 59.9 Å². The first-order valence-electron chi connectivity index (χ1n) is 11.6. The summed E-state index contributed by atoms with van der Waals surface area (Å²) >= 11 is 0. The summed E-state index contributed by atoms with van der Waals surface area (Å²) in [6.45, 7) is 4.89. The molecular formula is C28H32O2. The van der Waals surface area contributed by atoms with Gasteiger partial charge in [-0.3, -0.25) is 0 Å². The fourth-order valence-corrected chi connectivity index (χ4v) is 5.74. The molecule has 0 bridgehead atoms. The van der Waals surface area contributed by atoms with Crippen LogP contribution in [-0.2, 0) is 11.2 Å². The van der Waals surface area contributed by atoms with Crippen molar-refractivity contribution in [2.24, 2.45) is 11.8 Å². The van der Waals surface area contributed by atoms with Crippen LogP contribution in [0.1, 0.15) is 68.7 Å². The highest BCUT2D eigenvalue weighted by atomic mass is 16.5. The SMILES string of the molecule is CC1=CCOC(C)=C1c1ccc(OC2c3ccccc3CC2C2CCCCC2)cc1. The van der Waals surface area contributed by atoms with Crippen LogP contribution in [0, 0.1) is 11.8 Å². The molecule has 5 rings (SSSR count). The Hall–Kier alpha value is -2.48. The van der Waals surface area contributed by atoms with Gasteiger partial charge in [-0.1, -0.05) is 68.5 Å². The van der Waals surface area contributed by atoms with Crippen LogP contribution >= 0.6 is 0 Å². The zero-order valence-electron chi connectivity index (χ0n) is 18.2. The molecule has 0 amide bonds. The Morgan fingerprint density at radius 3 is 2.43 bits per heavy atom. The predicted molar refractivity (Wildman–Crippen MR) is 122 cm³/mol. The van der Waals surface area contributed by atoms with Crippen molar-refractivity contribution in [1.82, 2.24) is 0 Å². The molecular weight excluding hydrogens is 368 g/mol. The average Bonchev–Trinajstić information content (AvgIpc) is 3.14. The highest BCUT2D eigenvalue weighted by molar-refractivity contribution is 5.80. The third-order valence-electron chi connectivity index (χ3n) is 7.30. The lowest BCUT2D eigenvalue weighted by Gasteiger charge is -2.32. The summed E-state index contributed by atoms with van der Waals surface area (Å²) < 4.78 is 12.4. The lowest BCUT2D eigenvalue weighted by atomic mass is 9.77. The van der Waals surface area contributed by atoms with Crippen molar-refractivity contribution in [3.8, 4) is 5.75 Å². The standard InChI is InChI=1S/C28H32O2/c1-19-16-17-29-20(2)27(19)22-12-14-24(15-13-22)30-28-25-11-7-6-10-23(25)18-26(28)21-8-4-3-5-9-21/h6-7,10-16,21,26,28H,3-5,8-9,17-18H2,1-2H3. The Labute approximate surface area is 180 Å². The maximum Gasteiger partial charge on any atom is 0.127 e. The van der Waals surface area contributed by atoms with Crippen LogP contribution < -0.4 is 4.74 Å². The molecule has 3 aliphatic rings. The molecule has 0 radical (unpaired) electrons. The van der Waals surface area contributed by atoms with Crippen molar-refractivity contribution >= 4 is 5.57 Å². The van der Waals surface area contributed by atoms with Gasteiger partial charge in [0.1, 0.15) is 24.2 Å². The van der Waals surface area contributed by atoms with E-state index < -0.39 is 0 Å². The molecule has 0 saturated heterocycles. The van der Waals surface area contributed by atoms with E-state index >= 15 is 0 Å².